The van der Waals surface area contributed by atoms with Crippen LogP contribution < -0.4 is 10.6 Å². The van der Waals surface area contributed by atoms with Gasteiger partial charge in [0.25, 0.3) is 0 Å². The minimum Gasteiger partial charge on any atom is -0.383 e. The fourth-order valence-corrected chi connectivity index (χ4v) is 2.88. The van der Waals surface area contributed by atoms with Crippen molar-refractivity contribution in [1.82, 2.24) is 30.2 Å². The number of nitrogens with one attached hydrogen (secondary N) is 2. The van der Waals surface area contributed by atoms with E-state index in [1.54, 1.807) is 25.0 Å². The predicted octanol–water partition coefficient (Wildman–Crippen LogP) is -0.569. The van der Waals surface area contributed by atoms with Crippen LogP contribution in [0, 0.1) is 0 Å². The number of hydrogen-bond donors (Lipinski definition) is 2. The quantitative estimate of drug-likeness (QED) is 0.543. The van der Waals surface area contributed by atoms with E-state index in [0.29, 0.717) is 45.9 Å². The van der Waals surface area contributed by atoms with Gasteiger partial charge in [-0.2, -0.15) is 5.10 Å². The number of hydrogen-bond acceptors (Lipinski definition) is 6. The largest absolute Gasteiger partial charge is 0.383 e. The van der Waals surface area contributed by atoms with E-state index in [0.717, 1.165) is 5.56 Å². The number of aromatic nitrogens is 2. The first-order valence-electron chi connectivity index (χ1n) is 8.47. The Morgan fingerprint density at radius 2 is 1.93 bits per heavy atom. The summed E-state index contributed by atoms with van der Waals surface area (Å²) in [5.74, 6) is 0.0278. The number of halogens is 2. The smallest absolute Gasteiger partial charge is 0.244 e. The van der Waals surface area contributed by atoms with E-state index >= 15 is 0 Å². The summed E-state index contributed by atoms with van der Waals surface area (Å²) in [6.07, 6.45) is 3.55. The molecular weight excluding hydrogens is 395 g/mol. The van der Waals surface area contributed by atoms with Gasteiger partial charge in [0, 0.05) is 58.6 Å². The Kier molecular flexibility index (Phi) is 12.2. The monoisotopic (exact) mass is 424 g/mol. The average molecular weight is 425 g/mol. The lowest BCUT2D eigenvalue weighted by atomic mass is 10.1. The summed E-state index contributed by atoms with van der Waals surface area (Å²) in [5.41, 5.74) is 0.856. The van der Waals surface area contributed by atoms with Gasteiger partial charge in [-0.15, -0.1) is 24.8 Å². The molecule has 2 N–H and O–H groups in total. The van der Waals surface area contributed by atoms with Crippen LogP contribution in [0.4, 0.5) is 0 Å². The molecule has 1 aromatic rings. The average Bonchev–Trinajstić information content (AvgIpc) is 3.02. The van der Waals surface area contributed by atoms with Crippen molar-refractivity contribution in [2.45, 2.75) is 6.04 Å². The second-order valence-corrected chi connectivity index (χ2v) is 6.11. The number of methoxy groups -OCH3 is 1. The molecule has 2 heterocycles. The van der Waals surface area contributed by atoms with E-state index < -0.39 is 6.04 Å². The molecule has 0 aliphatic carbocycles. The second kappa shape index (κ2) is 12.9. The maximum atomic E-state index is 12.8. The van der Waals surface area contributed by atoms with Gasteiger partial charge in [-0.05, 0) is 7.05 Å². The topological polar surface area (TPSA) is 91.7 Å². The molecule has 9 nitrogen and oxygen atoms in total. The zero-order chi connectivity index (χ0) is 18.2. The van der Waals surface area contributed by atoms with Crippen molar-refractivity contribution >= 4 is 36.6 Å². The Balaban J connectivity index is 0.00000338. The molecule has 1 unspecified atom stereocenters. The summed E-state index contributed by atoms with van der Waals surface area (Å²) < 4.78 is 6.60. The van der Waals surface area contributed by atoms with Crippen LogP contribution in [-0.2, 0) is 21.4 Å². The van der Waals surface area contributed by atoms with E-state index in [-0.39, 0.29) is 36.6 Å². The van der Waals surface area contributed by atoms with Crippen molar-refractivity contribution in [3.05, 3.63) is 18.0 Å². The Morgan fingerprint density at radius 1 is 1.26 bits per heavy atom. The molecule has 1 saturated heterocycles. The maximum Gasteiger partial charge on any atom is 0.244 e. The Bertz CT molecular complexity index is 578. The highest BCUT2D eigenvalue weighted by Gasteiger charge is 2.28. The summed E-state index contributed by atoms with van der Waals surface area (Å²) in [7, 11) is 5.21. The number of likely N-dealkylation sites (N-methyl/N-ethyl adjacent to an activating group) is 1. The molecule has 11 heteroatoms. The van der Waals surface area contributed by atoms with E-state index in [2.05, 4.69) is 20.6 Å². The minimum absolute atomic E-state index is 0. The van der Waals surface area contributed by atoms with Gasteiger partial charge in [0.05, 0.1) is 19.3 Å². The van der Waals surface area contributed by atoms with Crippen LogP contribution in [0.1, 0.15) is 11.6 Å². The van der Waals surface area contributed by atoms with Crippen LogP contribution in [0.5, 0.6) is 0 Å². The fourth-order valence-electron chi connectivity index (χ4n) is 2.88. The molecule has 1 aliphatic heterocycles. The van der Waals surface area contributed by atoms with Crippen LogP contribution in [0.2, 0.25) is 0 Å². The highest BCUT2D eigenvalue weighted by Crippen LogP contribution is 2.16. The first kappa shape index (κ1) is 25.6. The van der Waals surface area contributed by atoms with Gasteiger partial charge in [0.1, 0.15) is 6.04 Å². The summed E-state index contributed by atoms with van der Waals surface area (Å²) in [6, 6.07) is -0.391. The molecule has 156 valence electrons. The van der Waals surface area contributed by atoms with Crippen molar-refractivity contribution in [3.63, 3.8) is 0 Å². The van der Waals surface area contributed by atoms with Crippen molar-refractivity contribution in [1.29, 1.82) is 0 Å². The van der Waals surface area contributed by atoms with Gasteiger partial charge >= 0.3 is 0 Å². The molecule has 1 aromatic heterocycles. The molecule has 27 heavy (non-hydrogen) atoms. The van der Waals surface area contributed by atoms with Crippen molar-refractivity contribution < 1.29 is 14.3 Å². The lowest BCUT2D eigenvalue weighted by Crippen LogP contribution is -2.53. The van der Waals surface area contributed by atoms with Crippen LogP contribution in [0.15, 0.2) is 12.4 Å². The van der Waals surface area contributed by atoms with E-state index in [1.165, 1.54) is 0 Å². The molecule has 0 bridgehead atoms. The molecule has 2 rings (SSSR count). The Morgan fingerprint density at radius 3 is 2.44 bits per heavy atom. The third-order valence-electron chi connectivity index (χ3n) is 4.27. The van der Waals surface area contributed by atoms with Crippen LogP contribution in [0.3, 0.4) is 0 Å². The predicted molar refractivity (Wildman–Crippen MR) is 107 cm³/mol. The molecule has 0 spiro atoms. The molecule has 0 aromatic carbocycles. The van der Waals surface area contributed by atoms with Crippen LogP contribution >= 0.6 is 24.8 Å². The number of carbonyl (C=O) groups is 2. The number of rotatable bonds is 8. The number of carbonyl (C=O) groups excluding carboxylic acids is 2. The van der Waals surface area contributed by atoms with Crippen LogP contribution in [-0.4, -0.2) is 91.4 Å². The lowest BCUT2D eigenvalue weighted by Gasteiger charge is -2.35. The second-order valence-electron chi connectivity index (χ2n) is 6.11. The lowest BCUT2D eigenvalue weighted by molar-refractivity contribution is -0.135. The standard InChI is InChI=1S/C16H28N6O3.2ClH/c1-17-15(13-10-19-20(2)11-13)16(24)22-7-5-21(6-8-22)12-14(23)18-4-9-25-3;;/h10-11,15,17H,4-9,12H2,1-3H3,(H,18,23);2*1H. The molecule has 1 aliphatic rings. The van der Waals surface area contributed by atoms with Gasteiger partial charge in [0.15, 0.2) is 0 Å². The van der Waals surface area contributed by atoms with Crippen molar-refractivity contribution in [3.8, 4) is 0 Å². The van der Waals surface area contributed by atoms with Gasteiger partial charge < -0.3 is 20.3 Å². The summed E-state index contributed by atoms with van der Waals surface area (Å²) in [6.45, 7) is 3.98. The van der Waals surface area contributed by atoms with E-state index in [1.807, 2.05) is 18.1 Å². The molecule has 1 fully saturated rings. The minimum atomic E-state index is -0.391. The molecule has 1 atom stereocenters. The zero-order valence-corrected chi connectivity index (χ0v) is 17.6. The summed E-state index contributed by atoms with van der Waals surface area (Å²) in [5, 5.41) is 10.0. The number of ether oxygens (including phenoxy) is 1. The maximum absolute atomic E-state index is 12.8. The Labute approximate surface area is 172 Å². The molecular formula is C16H30Cl2N6O3. The molecule has 2 amide bonds. The number of piperazine rings is 1. The third-order valence-corrected chi connectivity index (χ3v) is 4.27. The van der Waals surface area contributed by atoms with Gasteiger partial charge in [0.2, 0.25) is 11.8 Å². The zero-order valence-electron chi connectivity index (χ0n) is 16.0. The first-order valence-corrected chi connectivity index (χ1v) is 8.47. The fraction of sp³-hybridized carbons (Fsp3) is 0.688. The van der Waals surface area contributed by atoms with Crippen LogP contribution in [0.25, 0.3) is 0 Å². The number of nitrogens with zero attached hydrogens (tertiary/aromatic N) is 4. The molecule has 0 saturated carbocycles. The van der Waals surface area contributed by atoms with E-state index in [9.17, 15) is 9.59 Å². The van der Waals surface area contributed by atoms with Gasteiger partial charge in [-0.3, -0.25) is 19.2 Å². The summed E-state index contributed by atoms with van der Waals surface area (Å²) in [4.78, 5) is 28.5. The number of amides is 2. The third kappa shape index (κ3) is 7.63. The first-order chi connectivity index (χ1) is 12.0. The van der Waals surface area contributed by atoms with Crippen molar-refractivity contribution in [2.75, 3.05) is 60.0 Å². The molecule has 0 radical (unpaired) electrons. The van der Waals surface area contributed by atoms with Gasteiger partial charge in [-0.25, -0.2) is 0 Å². The van der Waals surface area contributed by atoms with Gasteiger partial charge in [-0.1, -0.05) is 0 Å². The SMILES string of the molecule is CNC(C(=O)N1CCN(CC(=O)NCCOC)CC1)c1cnn(C)c1.Cl.Cl. The highest BCUT2D eigenvalue weighted by molar-refractivity contribution is 5.85. The number of aryl methyl sites for hydroxylation is 1. The highest BCUT2D eigenvalue weighted by atomic mass is 35.5. The van der Waals surface area contributed by atoms with Crippen molar-refractivity contribution in [2.24, 2.45) is 7.05 Å². The summed E-state index contributed by atoms with van der Waals surface area (Å²) >= 11 is 0. The normalized spacial score (nSPS) is 15.4. The van der Waals surface area contributed by atoms with E-state index in [4.69, 9.17) is 4.74 Å². The Hall–Kier alpha value is -1.39.